The Kier molecular flexibility index (Phi) is 6.84. The first-order valence-electron chi connectivity index (χ1n) is 8.73. The van der Waals surface area contributed by atoms with Crippen LogP contribution in [0.1, 0.15) is 37.7 Å². The molecule has 1 fully saturated rings. The van der Waals surface area contributed by atoms with E-state index in [1.807, 2.05) is 4.90 Å². The Balaban J connectivity index is 2.13. The zero-order valence-corrected chi connectivity index (χ0v) is 16.1. The molecule has 0 radical (unpaired) electrons. The van der Waals surface area contributed by atoms with Crippen LogP contribution in [0.4, 0.5) is 0 Å². The molecule has 0 aliphatic carbocycles. The van der Waals surface area contributed by atoms with Crippen molar-refractivity contribution in [3.8, 4) is 5.75 Å². The molecule has 6 nitrogen and oxygen atoms in total. The second kappa shape index (κ2) is 8.67. The first-order chi connectivity index (χ1) is 11.9. The summed E-state index contributed by atoms with van der Waals surface area (Å²) in [6.07, 6.45) is 5.32. The SMILES string of the molecule is COc1ccc(S(=O)(=O)N(C)C)cc1CCC(=O)N1CCCCCC1. The molecular weight excluding hydrogens is 340 g/mol. The van der Waals surface area contributed by atoms with Gasteiger partial charge in [-0.25, -0.2) is 12.7 Å². The predicted molar refractivity (Wildman–Crippen MR) is 97.2 cm³/mol. The summed E-state index contributed by atoms with van der Waals surface area (Å²) in [5.74, 6) is 0.742. The molecule has 0 saturated carbocycles. The van der Waals surface area contributed by atoms with E-state index in [2.05, 4.69) is 0 Å². The van der Waals surface area contributed by atoms with E-state index in [0.717, 1.165) is 31.5 Å². The summed E-state index contributed by atoms with van der Waals surface area (Å²) in [7, 11) is 1.05. The quantitative estimate of drug-likeness (QED) is 0.773. The number of aryl methyl sites for hydroxylation is 1. The highest BCUT2D eigenvalue weighted by atomic mass is 32.2. The molecule has 0 aromatic heterocycles. The number of benzene rings is 1. The largest absolute Gasteiger partial charge is 0.496 e. The zero-order valence-electron chi connectivity index (χ0n) is 15.3. The van der Waals surface area contributed by atoms with Crippen LogP contribution in [0.2, 0.25) is 0 Å². The summed E-state index contributed by atoms with van der Waals surface area (Å²) in [6.45, 7) is 1.65. The maximum Gasteiger partial charge on any atom is 0.242 e. The molecule has 2 rings (SSSR count). The molecule has 0 N–H and O–H groups in total. The van der Waals surface area contributed by atoms with Gasteiger partial charge < -0.3 is 9.64 Å². The number of methoxy groups -OCH3 is 1. The lowest BCUT2D eigenvalue weighted by atomic mass is 10.1. The van der Waals surface area contributed by atoms with E-state index in [1.165, 1.54) is 37.3 Å². The zero-order chi connectivity index (χ0) is 18.4. The average Bonchev–Trinajstić information content (AvgIpc) is 2.88. The standard InChI is InChI=1S/C18H28N2O4S/c1-19(2)25(22,23)16-9-10-17(24-3)15(14-16)8-11-18(21)20-12-6-4-5-7-13-20/h9-10,14H,4-8,11-13H2,1-3H3. The molecule has 1 aromatic rings. The normalized spacial score (nSPS) is 15.9. The molecule has 1 saturated heterocycles. The number of amides is 1. The summed E-state index contributed by atoms with van der Waals surface area (Å²) in [4.78, 5) is 14.6. The maximum atomic E-state index is 12.5. The Hall–Kier alpha value is -1.60. The summed E-state index contributed by atoms with van der Waals surface area (Å²) < 4.78 is 31.2. The number of likely N-dealkylation sites (tertiary alicyclic amines) is 1. The highest BCUT2D eigenvalue weighted by molar-refractivity contribution is 7.89. The average molecular weight is 368 g/mol. The van der Waals surface area contributed by atoms with Crippen molar-refractivity contribution in [3.05, 3.63) is 23.8 Å². The summed E-state index contributed by atoms with van der Waals surface area (Å²) in [6, 6.07) is 4.81. The lowest BCUT2D eigenvalue weighted by Crippen LogP contribution is -2.32. The van der Waals surface area contributed by atoms with Gasteiger partial charge in [0.1, 0.15) is 5.75 Å². The van der Waals surface area contributed by atoms with E-state index < -0.39 is 10.0 Å². The minimum absolute atomic E-state index is 0.129. The number of nitrogens with zero attached hydrogens (tertiary/aromatic N) is 2. The number of hydrogen-bond acceptors (Lipinski definition) is 4. The van der Waals surface area contributed by atoms with Gasteiger partial charge in [0, 0.05) is 33.6 Å². The van der Waals surface area contributed by atoms with E-state index in [1.54, 1.807) is 19.2 Å². The number of sulfonamides is 1. The third-order valence-corrected chi connectivity index (χ3v) is 6.41. The van der Waals surface area contributed by atoms with Gasteiger partial charge in [-0.15, -0.1) is 0 Å². The van der Waals surface area contributed by atoms with Gasteiger partial charge in [0.25, 0.3) is 0 Å². The number of ether oxygens (including phenoxy) is 1. The molecule has 140 valence electrons. The van der Waals surface area contributed by atoms with Gasteiger partial charge in [-0.2, -0.15) is 0 Å². The van der Waals surface area contributed by atoms with Gasteiger partial charge in [0.05, 0.1) is 12.0 Å². The van der Waals surface area contributed by atoms with Crippen LogP contribution >= 0.6 is 0 Å². The minimum Gasteiger partial charge on any atom is -0.496 e. The Morgan fingerprint density at radius 1 is 1.16 bits per heavy atom. The highest BCUT2D eigenvalue weighted by Crippen LogP contribution is 2.25. The summed E-state index contributed by atoms with van der Waals surface area (Å²) in [5.41, 5.74) is 0.744. The van der Waals surface area contributed by atoms with Crippen LogP contribution in [-0.4, -0.2) is 57.8 Å². The molecule has 0 spiro atoms. The van der Waals surface area contributed by atoms with Gasteiger partial charge in [-0.05, 0) is 43.0 Å². The van der Waals surface area contributed by atoms with Gasteiger partial charge in [-0.1, -0.05) is 12.8 Å². The molecule has 0 bridgehead atoms. The fourth-order valence-electron chi connectivity index (χ4n) is 3.04. The summed E-state index contributed by atoms with van der Waals surface area (Å²) >= 11 is 0. The Labute approximate surface area is 150 Å². The van der Waals surface area contributed by atoms with Crippen LogP contribution in [0.25, 0.3) is 0 Å². The Morgan fingerprint density at radius 3 is 2.36 bits per heavy atom. The molecule has 0 atom stereocenters. The van der Waals surface area contributed by atoms with Crippen molar-refractivity contribution in [3.63, 3.8) is 0 Å². The highest BCUT2D eigenvalue weighted by Gasteiger charge is 2.20. The minimum atomic E-state index is -3.51. The number of hydrogen-bond donors (Lipinski definition) is 0. The third kappa shape index (κ3) is 4.95. The van der Waals surface area contributed by atoms with Crippen LogP contribution in [0.3, 0.4) is 0 Å². The van der Waals surface area contributed by atoms with Crippen molar-refractivity contribution in [2.45, 2.75) is 43.4 Å². The van der Waals surface area contributed by atoms with Crippen LogP contribution in [0.5, 0.6) is 5.75 Å². The molecule has 1 aliphatic rings. The van der Waals surface area contributed by atoms with Gasteiger partial charge in [0.15, 0.2) is 0 Å². The first kappa shape index (κ1) is 19.7. The van der Waals surface area contributed by atoms with E-state index in [4.69, 9.17) is 4.74 Å². The molecule has 1 aromatic carbocycles. The predicted octanol–water partition coefficient (Wildman–Crippen LogP) is 2.28. The Bertz CT molecular complexity index is 693. The monoisotopic (exact) mass is 368 g/mol. The molecule has 1 heterocycles. The van der Waals surface area contributed by atoms with E-state index in [0.29, 0.717) is 18.6 Å². The summed E-state index contributed by atoms with van der Waals surface area (Å²) in [5, 5.41) is 0. The smallest absolute Gasteiger partial charge is 0.242 e. The third-order valence-electron chi connectivity index (χ3n) is 4.60. The fraction of sp³-hybridized carbons (Fsp3) is 0.611. The lowest BCUT2D eigenvalue weighted by Gasteiger charge is -2.20. The van der Waals surface area contributed by atoms with Crippen molar-refractivity contribution in [1.29, 1.82) is 0 Å². The van der Waals surface area contributed by atoms with Crippen molar-refractivity contribution < 1.29 is 17.9 Å². The molecule has 0 unspecified atom stereocenters. The second-order valence-corrected chi connectivity index (χ2v) is 8.71. The molecule has 7 heteroatoms. The van der Waals surface area contributed by atoms with Crippen molar-refractivity contribution >= 4 is 15.9 Å². The molecular formula is C18H28N2O4S. The molecule has 1 aliphatic heterocycles. The van der Waals surface area contributed by atoms with E-state index in [-0.39, 0.29) is 10.8 Å². The second-order valence-electron chi connectivity index (χ2n) is 6.56. The van der Waals surface area contributed by atoms with Crippen molar-refractivity contribution in [1.82, 2.24) is 9.21 Å². The van der Waals surface area contributed by atoms with Crippen molar-refractivity contribution in [2.75, 3.05) is 34.3 Å². The van der Waals surface area contributed by atoms with Crippen LogP contribution in [0.15, 0.2) is 23.1 Å². The molecule has 1 amide bonds. The van der Waals surface area contributed by atoms with Crippen LogP contribution in [0, 0.1) is 0 Å². The van der Waals surface area contributed by atoms with E-state index in [9.17, 15) is 13.2 Å². The Morgan fingerprint density at radius 2 is 1.80 bits per heavy atom. The lowest BCUT2D eigenvalue weighted by molar-refractivity contribution is -0.131. The van der Waals surface area contributed by atoms with Crippen LogP contribution in [-0.2, 0) is 21.2 Å². The van der Waals surface area contributed by atoms with Gasteiger partial charge in [0.2, 0.25) is 15.9 Å². The van der Waals surface area contributed by atoms with Gasteiger partial charge >= 0.3 is 0 Å². The maximum absolute atomic E-state index is 12.5. The number of carbonyl (C=O) groups is 1. The molecule has 25 heavy (non-hydrogen) atoms. The van der Waals surface area contributed by atoms with Gasteiger partial charge in [-0.3, -0.25) is 4.79 Å². The van der Waals surface area contributed by atoms with Crippen LogP contribution < -0.4 is 4.74 Å². The fourth-order valence-corrected chi connectivity index (χ4v) is 3.99. The van der Waals surface area contributed by atoms with Crippen molar-refractivity contribution in [2.24, 2.45) is 0 Å². The number of carbonyl (C=O) groups excluding carboxylic acids is 1. The first-order valence-corrected chi connectivity index (χ1v) is 10.2. The topological polar surface area (TPSA) is 66.9 Å². The number of rotatable bonds is 6. The van der Waals surface area contributed by atoms with E-state index >= 15 is 0 Å².